The second kappa shape index (κ2) is 5.52. The Morgan fingerprint density at radius 1 is 1.29 bits per heavy atom. The van der Waals surface area contributed by atoms with Crippen LogP contribution in [0, 0.1) is 0 Å². The number of carbonyl (C=O) groups is 1. The van der Waals surface area contributed by atoms with Crippen LogP contribution >= 0.6 is 11.8 Å². The van der Waals surface area contributed by atoms with Crippen LogP contribution in [-0.4, -0.2) is 49.4 Å². The van der Waals surface area contributed by atoms with E-state index in [1.165, 1.54) is 0 Å². The quantitative estimate of drug-likeness (QED) is 0.853. The molecule has 0 spiro atoms. The highest BCUT2D eigenvalue weighted by atomic mass is 32.2. The van der Waals surface area contributed by atoms with Crippen LogP contribution in [0.15, 0.2) is 36.7 Å². The molecule has 0 bridgehead atoms. The average Bonchev–Trinajstić information content (AvgIpc) is 3.00. The number of aromatic nitrogens is 3. The van der Waals surface area contributed by atoms with Crippen molar-refractivity contribution in [2.75, 3.05) is 18.8 Å². The van der Waals surface area contributed by atoms with Crippen LogP contribution in [0.3, 0.4) is 0 Å². The third-order valence-electron chi connectivity index (χ3n) is 3.51. The lowest BCUT2D eigenvalue weighted by Gasteiger charge is -2.37. The first-order valence-corrected chi connectivity index (χ1v) is 7.94. The molecule has 2 heterocycles. The first-order valence-electron chi connectivity index (χ1n) is 6.95. The smallest absolute Gasteiger partial charge is 0.253 e. The molecular formula is C15H18N4OS. The molecule has 1 fully saturated rings. The fourth-order valence-electron chi connectivity index (χ4n) is 2.48. The van der Waals surface area contributed by atoms with Crippen LogP contribution in [0.25, 0.3) is 5.69 Å². The second-order valence-corrected chi connectivity index (χ2v) is 7.53. The summed E-state index contributed by atoms with van der Waals surface area (Å²) in [5.41, 5.74) is 1.63. The number of nitrogens with zero attached hydrogens (tertiary/aromatic N) is 4. The van der Waals surface area contributed by atoms with E-state index in [1.54, 1.807) is 17.1 Å². The molecule has 2 aromatic rings. The Morgan fingerprint density at radius 3 is 2.67 bits per heavy atom. The molecule has 0 atom stereocenters. The Hall–Kier alpha value is -1.82. The van der Waals surface area contributed by atoms with Crippen LogP contribution in [0.5, 0.6) is 0 Å². The molecule has 21 heavy (non-hydrogen) atoms. The van der Waals surface area contributed by atoms with Gasteiger partial charge in [-0.25, -0.2) is 4.68 Å². The zero-order chi connectivity index (χ0) is 14.9. The van der Waals surface area contributed by atoms with E-state index in [9.17, 15) is 4.79 Å². The summed E-state index contributed by atoms with van der Waals surface area (Å²) in [5, 5.41) is 7.72. The Labute approximate surface area is 128 Å². The zero-order valence-electron chi connectivity index (χ0n) is 12.2. The number of rotatable bonds is 2. The molecule has 1 aliphatic heterocycles. The number of thioether (sulfide) groups is 1. The summed E-state index contributed by atoms with van der Waals surface area (Å²) < 4.78 is 1.81. The minimum absolute atomic E-state index is 0.105. The Kier molecular flexibility index (Phi) is 3.71. The van der Waals surface area contributed by atoms with Crippen LogP contribution in [-0.2, 0) is 0 Å². The molecule has 0 aliphatic carbocycles. The fraction of sp³-hybridized carbons (Fsp3) is 0.400. The highest BCUT2D eigenvalue weighted by Crippen LogP contribution is 2.30. The monoisotopic (exact) mass is 302 g/mol. The van der Waals surface area contributed by atoms with Crippen molar-refractivity contribution in [3.8, 4) is 5.69 Å². The third-order valence-corrected chi connectivity index (χ3v) is 4.81. The van der Waals surface area contributed by atoms with Crippen molar-refractivity contribution in [3.05, 3.63) is 42.2 Å². The van der Waals surface area contributed by atoms with Crippen LogP contribution in [0.2, 0.25) is 0 Å². The number of hydrogen-bond acceptors (Lipinski definition) is 4. The number of amides is 1. The maximum atomic E-state index is 12.6. The van der Waals surface area contributed by atoms with E-state index in [0.717, 1.165) is 30.1 Å². The summed E-state index contributed by atoms with van der Waals surface area (Å²) in [4.78, 5) is 14.5. The molecule has 0 radical (unpaired) electrons. The molecule has 0 N–H and O–H groups in total. The van der Waals surface area contributed by atoms with E-state index in [4.69, 9.17) is 0 Å². The normalized spacial score (nSPS) is 17.7. The second-order valence-electron chi connectivity index (χ2n) is 5.73. The summed E-state index contributed by atoms with van der Waals surface area (Å²) in [7, 11) is 0. The lowest BCUT2D eigenvalue weighted by molar-refractivity contribution is 0.0748. The maximum Gasteiger partial charge on any atom is 0.253 e. The highest BCUT2D eigenvalue weighted by Gasteiger charge is 2.30. The summed E-state index contributed by atoms with van der Waals surface area (Å²) in [6, 6.07) is 7.50. The van der Waals surface area contributed by atoms with E-state index in [0.29, 0.717) is 0 Å². The van der Waals surface area contributed by atoms with Gasteiger partial charge in [0.05, 0.1) is 18.1 Å². The molecule has 0 saturated carbocycles. The summed E-state index contributed by atoms with van der Waals surface area (Å²) >= 11 is 1.92. The van der Waals surface area contributed by atoms with Crippen molar-refractivity contribution in [2.24, 2.45) is 0 Å². The number of hydrogen-bond donors (Lipinski definition) is 0. The predicted octanol–water partition coefficient (Wildman–Crippen LogP) is 2.23. The lowest BCUT2D eigenvalue weighted by atomic mass is 10.1. The molecule has 3 rings (SSSR count). The molecule has 1 aromatic carbocycles. The van der Waals surface area contributed by atoms with Gasteiger partial charge in [0.15, 0.2) is 0 Å². The van der Waals surface area contributed by atoms with Crippen molar-refractivity contribution in [1.29, 1.82) is 0 Å². The van der Waals surface area contributed by atoms with E-state index >= 15 is 0 Å². The fourth-order valence-corrected chi connectivity index (χ4v) is 3.59. The number of carbonyl (C=O) groups excluding carboxylic acids is 1. The van der Waals surface area contributed by atoms with E-state index < -0.39 is 0 Å². The number of benzene rings is 1. The Morgan fingerprint density at radius 2 is 2.05 bits per heavy atom. The molecule has 5 nitrogen and oxygen atoms in total. The molecule has 1 saturated heterocycles. The van der Waals surface area contributed by atoms with Gasteiger partial charge in [-0.2, -0.15) is 11.8 Å². The van der Waals surface area contributed by atoms with Crippen molar-refractivity contribution in [3.63, 3.8) is 0 Å². The van der Waals surface area contributed by atoms with Gasteiger partial charge in [-0.3, -0.25) is 4.79 Å². The molecule has 1 amide bonds. The van der Waals surface area contributed by atoms with E-state index in [-0.39, 0.29) is 10.7 Å². The van der Waals surface area contributed by atoms with Crippen LogP contribution in [0.1, 0.15) is 24.2 Å². The maximum absolute atomic E-state index is 12.6. The van der Waals surface area contributed by atoms with Crippen LogP contribution < -0.4 is 0 Å². The predicted molar refractivity (Wildman–Crippen MR) is 83.8 cm³/mol. The van der Waals surface area contributed by atoms with Gasteiger partial charge in [0.25, 0.3) is 5.91 Å². The van der Waals surface area contributed by atoms with Gasteiger partial charge in [-0.05, 0) is 38.1 Å². The van der Waals surface area contributed by atoms with E-state index in [2.05, 4.69) is 24.2 Å². The van der Waals surface area contributed by atoms with Crippen molar-refractivity contribution >= 4 is 17.7 Å². The van der Waals surface area contributed by atoms with Gasteiger partial charge in [-0.15, -0.1) is 5.10 Å². The van der Waals surface area contributed by atoms with E-state index in [1.807, 2.05) is 40.9 Å². The third kappa shape index (κ3) is 3.10. The van der Waals surface area contributed by atoms with Gasteiger partial charge in [0, 0.05) is 29.2 Å². The Bertz CT molecular complexity index is 622. The van der Waals surface area contributed by atoms with Crippen molar-refractivity contribution in [1.82, 2.24) is 19.9 Å². The highest BCUT2D eigenvalue weighted by molar-refractivity contribution is 8.00. The zero-order valence-corrected chi connectivity index (χ0v) is 13.0. The SMILES string of the molecule is CC1(C)CN(C(=O)c2ccc(-n3ccnn3)cc2)CCS1. The first kappa shape index (κ1) is 14.1. The van der Waals surface area contributed by atoms with Crippen molar-refractivity contribution in [2.45, 2.75) is 18.6 Å². The Balaban J connectivity index is 1.76. The topological polar surface area (TPSA) is 51.0 Å². The molecular weight excluding hydrogens is 284 g/mol. The molecule has 1 aromatic heterocycles. The molecule has 0 unspecified atom stereocenters. The summed E-state index contributed by atoms with van der Waals surface area (Å²) in [5.74, 6) is 1.10. The standard InChI is InChI=1S/C15H18N4OS/c1-15(2)11-18(9-10-21-15)14(20)12-3-5-13(6-4-12)19-8-7-16-17-19/h3-8H,9-11H2,1-2H3. The van der Waals surface area contributed by atoms with Gasteiger partial charge in [-0.1, -0.05) is 5.21 Å². The largest absolute Gasteiger partial charge is 0.336 e. The van der Waals surface area contributed by atoms with Gasteiger partial charge < -0.3 is 4.90 Å². The molecule has 1 aliphatic rings. The van der Waals surface area contributed by atoms with Crippen molar-refractivity contribution < 1.29 is 4.79 Å². The van der Waals surface area contributed by atoms with Gasteiger partial charge >= 0.3 is 0 Å². The van der Waals surface area contributed by atoms with Gasteiger partial charge in [0.1, 0.15) is 0 Å². The molecule has 6 heteroatoms. The first-order chi connectivity index (χ1) is 10.1. The lowest BCUT2D eigenvalue weighted by Crippen LogP contribution is -2.46. The summed E-state index contributed by atoms with van der Waals surface area (Å²) in [6.45, 7) is 5.98. The average molecular weight is 302 g/mol. The minimum atomic E-state index is 0.105. The molecule has 110 valence electrons. The minimum Gasteiger partial charge on any atom is -0.336 e. The summed E-state index contributed by atoms with van der Waals surface area (Å²) in [6.07, 6.45) is 3.41. The van der Waals surface area contributed by atoms with Gasteiger partial charge in [0.2, 0.25) is 0 Å². The van der Waals surface area contributed by atoms with Crippen LogP contribution in [0.4, 0.5) is 0 Å².